The van der Waals surface area contributed by atoms with Crippen molar-refractivity contribution in [3.63, 3.8) is 0 Å². The minimum Gasteiger partial charge on any atom is -0.481 e. The highest BCUT2D eigenvalue weighted by Crippen LogP contribution is 2.46. The average Bonchev–Trinajstić information content (AvgIpc) is 2.59. The summed E-state index contributed by atoms with van der Waals surface area (Å²) in [5, 5.41) is 9.43. The topological polar surface area (TPSA) is 37.3 Å². The highest BCUT2D eigenvalue weighted by atomic mass is 19.3. The van der Waals surface area contributed by atoms with Gasteiger partial charge in [-0.15, -0.1) is 0 Å². The van der Waals surface area contributed by atoms with Gasteiger partial charge in [-0.05, 0) is 56.8 Å². The molecule has 1 fully saturated rings. The molecular weight excluding hydrogens is 322 g/mol. The highest BCUT2D eigenvalue weighted by molar-refractivity contribution is 5.74. The van der Waals surface area contributed by atoms with E-state index in [0.29, 0.717) is 24.7 Å². The van der Waals surface area contributed by atoms with E-state index in [1.54, 1.807) is 0 Å². The number of hydrogen-bond donors (Lipinski definition) is 1. The van der Waals surface area contributed by atoms with Crippen LogP contribution in [0.2, 0.25) is 0 Å². The maximum Gasteiger partial charge on any atom is 0.309 e. The van der Waals surface area contributed by atoms with Gasteiger partial charge in [0.05, 0.1) is 5.41 Å². The molecule has 142 valence electrons. The second kappa shape index (κ2) is 9.49. The zero-order valence-corrected chi connectivity index (χ0v) is 15.4. The van der Waals surface area contributed by atoms with Crippen LogP contribution in [0.25, 0.3) is 0 Å². The predicted octanol–water partition coefficient (Wildman–Crippen LogP) is 6.38. The van der Waals surface area contributed by atoms with Crippen molar-refractivity contribution in [3.05, 3.63) is 23.8 Å². The molecule has 0 bridgehead atoms. The third kappa shape index (κ3) is 5.65. The number of unbranched alkanes of at least 4 members (excludes halogenated alkanes) is 3. The standard InChI is InChI=1S/C21H32F2O2/c1-2-3-4-5-6-16-7-9-17(10-8-16)18-11-13-21(14-12-18,20(24)25)15-19(22)23/h7-9,17-19H,2-6,10-15H2,1H3,(H,24,25). The summed E-state index contributed by atoms with van der Waals surface area (Å²) in [4.78, 5) is 11.5. The molecule has 0 radical (unpaired) electrons. The Morgan fingerprint density at radius 3 is 2.52 bits per heavy atom. The Labute approximate surface area is 150 Å². The van der Waals surface area contributed by atoms with Crippen LogP contribution >= 0.6 is 0 Å². The van der Waals surface area contributed by atoms with Gasteiger partial charge in [-0.3, -0.25) is 4.79 Å². The molecule has 0 spiro atoms. The van der Waals surface area contributed by atoms with Crippen LogP contribution in [0.3, 0.4) is 0 Å². The smallest absolute Gasteiger partial charge is 0.309 e. The van der Waals surface area contributed by atoms with Gasteiger partial charge in [0.2, 0.25) is 6.43 Å². The molecule has 0 aromatic rings. The first-order chi connectivity index (χ1) is 12.0. The molecule has 25 heavy (non-hydrogen) atoms. The first-order valence-corrected chi connectivity index (χ1v) is 9.85. The Morgan fingerprint density at radius 2 is 2.00 bits per heavy atom. The van der Waals surface area contributed by atoms with Gasteiger partial charge in [0.1, 0.15) is 0 Å². The Morgan fingerprint density at radius 1 is 1.28 bits per heavy atom. The number of alkyl halides is 2. The minimum atomic E-state index is -2.54. The van der Waals surface area contributed by atoms with Crippen molar-refractivity contribution >= 4 is 5.97 Å². The molecule has 4 heteroatoms. The fourth-order valence-electron chi connectivity index (χ4n) is 4.39. The summed E-state index contributed by atoms with van der Waals surface area (Å²) < 4.78 is 25.6. The fraction of sp³-hybridized carbons (Fsp3) is 0.762. The molecule has 2 aliphatic rings. The van der Waals surface area contributed by atoms with E-state index in [4.69, 9.17) is 0 Å². The quantitative estimate of drug-likeness (QED) is 0.488. The van der Waals surface area contributed by atoms with E-state index >= 15 is 0 Å². The van der Waals surface area contributed by atoms with E-state index in [0.717, 1.165) is 25.7 Å². The molecule has 2 rings (SSSR count). The van der Waals surface area contributed by atoms with E-state index < -0.39 is 24.2 Å². The lowest BCUT2D eigenvalue weighted by Gasteiger charge is -2.39. The van der Waals surface area contributed by atoms with Crippen LogP contribution in [0.1, 0.15) is 77.6 Å². The Kier molecular flexibility index (Phi) is 7.64. The zero-order valence-electron chi connectivity index (χ0n) is 15.4. The third-order valence-electron chi connectivity index (χ3n) is 6.12. The van der Waals surface area contributed by atoms with Gasteiger partial charge in [-0.25, -0.2) is 8.78 Å². The summed E-state index contributed by atoms with van der Waals surface area (Å²) >= 11 is 0. The van der Waals surface area contributed by atoms with Gasteiger partial charge in [-0.1, -0.05) is 50.0 Å². The van der Waals surface area contributed by atoms with Crippen molar-refractivity contribution in [1.82, 2.24) is 0 Å². The number of halogens is 2. The van der Waals surface area contributed by atoms with Crippen molar-refractivity contribution < 1.29 is 18.7 Å². The summed E-state index contributed by atoms with van der Waals surface area (Å²) in [5.74, 6) is -0.170. The lowest BCUT2D eigenvalue weighted by Crippen LogP contribution is -2.38. The maximum atomic E-state index is 12.8. The minimum absolute atomic E-state index is 0.384. The lowest BCUT2D eigenvalue weighted by molar-refractivity contribution is -0.155. The predicted molar refractivity (Wildman–Crippen MR) is 96.7 cm³/mol. The second-order valence-corrected chi connectivity index (χ2v) is 7.87. The molecule has 0 aromatic heterocycles. The van der Waals surface area contributed by atoms with Crippen LogP contribution in [0.4, 0.5) is 8.78 Å². The Balaban J connectivity index is 1.81. The van der Waals surface area contributed by atoms with Gasteiger partial charge in [0.25, 0.3) is 0 Å². The number of aliphatic carboxylic acids is 1. The first-order valence-electron chi connectivity index (χ1n) is 9.85. The summed E-state index contributed by atoms with van der Waals surface area (Å²) in [7, 11) is 0. The third-order valence-corrected chi connectivity index (χ3v) is 6.12. The molecule has 2 aliphatic carbocycles. The van der Waals surface area contributed by atoms with Crippen LogP contribution in [0, 0.1) is 17.3 Å². The van der Waals surface area contributed by atoms with Crippen molar-refractivity contribution in [1.29, 1.82) is 0 Å². The number of carboxylic acids is 1. The van der Waals surface area contributed by atoms with Crippen molar-refractivity contribution in [2.75, 3.05) is 0 Å². The largest absolute Gasteiger partial charge is 0.481 e. The molecule has 1 saturated carbocycles. The van der Waals surface area contributed by atoms with E-state index in [9.17, 15) is 18.7 Å². The maximum absolute atomic E-state index is 12.8. The molecular formula is C21H32F2O2. The van der Waals surface area contributed by atoms with Crippen LogP contribution in [-0.2, 0) is 4.79 Å². The van der Waals surface area contributed by atoms with Crippen LogP contribution in [0.5, 0.6) is 0 Å². The monoisotopic (exact) mass is 354 g/mol. The van der Waals surface area contributed by atoms with Gasteiger partial charge in [-0.2, -0.15) is 0 Å². The molecule has 1 unspecified atom stereocenters. The first kappa shape index (κ1) is 20.1. The van der Waals surface area contributed by atoms with Crippen molar-refractivity contribution in [3.8, 4) is 0 Å². The zero-order chi connectivity index (χ0) is 18.3. The number of rotatable bonds is 9. The van der Waals surface area contributed by atoms with E-state index in [1.807, 2.05) is 0 Å². The molecule has 0 heterocycles. The Hall–Kier alpha value is -1.19. The number of carbonyl (C=O) groups is 1. The van der Waals surface area contributed by atoms with Gasteiger partial charge in [0, 0.05) is 6.42 Å². The lowest BCUT2D eigenvalue weighted by atomic mass is 9.65. The molecule has 0 aliphatic heterocycles. The summed E-state index contributed by atoms with van der Waals surface area (Å²) in [5.41, 5.74) is 0.212. The van der Waals surface area contributed by atoms with E-state index in [2.05, 4.69) is 25.2 Å². The fourth-order valence-corrected chi connectivity index (χ4v) is 4.39. The second-order valence-electron chi connectivity index (χ2n) is 7.87. The summed E-state index contributed by atoms with van der Waals surface area (Å²) in [6.45, 7) is 2.22. The molecule has 0 aromatic carbocycles. The molecule has 2 nitrogen and oxygen atoms in total. The Bertz CT molecular complexity index is 488. The number of carboxylic acid groups (broad SMARTS) is 1. The van der Waals surface area contributed by atoms with Gasteiger partial charge < -0.3 is 5.11 Å². The molecule has 1 atom stereocenters. The van der Waals surface area contributed by atoms with Crippen molar-refractivity contribution in [2.45, 2.75) is 84.0 Å². The van der Waals surface area contributed by atoms with Gasteiger partial charge >= 0.3 is 5.97 Å². The van der Waals surface area contributed by atoms with E-state index in [1.165, 1.54) is 31.3 Å². The molecule has 0 amide bonds. The number of allylic oxidation sites excluding steroid dienone is 4. The highest BCUT2D eigenvalue weighted by Gasteiger charge is 2.44. The van der Waals surface area contributed by atoms with E-state index in [-0.39, 0.29) is 0 Å². The van der Waals surface area contributed by atoms with Crippen LogP contribution < -0.4 is 0 Å². The van der Waals surface area contributed by atoms with Crippen LogP contribution in [-0.4, -0.2) is 17.5 Å². The summed E-state index contributed by atoms with van der Waals surface area (Å²) in [6, 6.07) is 0. The summed E-state index contributed by atoms with van der Waals surface area (Å²) in [6.07, 6.45) is 13.3. The number of hydrogen-bond acceptors (Lipinski definition) is 1. The average molecular weight is 354 g/mol. The van der Waals surface area contributed by atoms with Gasteiger partial charge in [0.15, 0.2) is 0 Å². The molecule has 0 saturated heterocycles. The normalized spacial score (nSPS) is 29.7. The SMILES string of the molecule is CCCCCCC1=CCC(C2CCC(CC(F)F)(C(=O)O)CC2)C=C1. The van der Waals surface area contributed by atoms with Crippen LogP contribution in [0.15, 0.2) is 23.8 Å². The molecule has 1 N–H and O–H groups in total. The van der Waals surface area contributed by atoms with Crippen molar-refractivity contribution in [2.24, 2.45) is 17.3 Å².